The first-order valence-electron chi connectivity index (χ1n) is 9.39. The summed E-state index contributed by atoms with van der Waals surface area (Å²) in [5.41, 5.74) is 0.846. The largest absolute Gasteiger partial charge is 0.467 e. The van der Waals surface area contributed by atoms with Gasteiger partial charge in [0.25, 0.3) is 0 Å². The van der Waals surface area contributed by atoms with Crippen molar-refractivity contribution in [2.45, 2.75) is 19.4 Å². The average Bonchev–Trinajstić information content (AvgIpc) is 3.47. The summed E-state index contributed by atoms with van der Waals surface area (Å²) in [7, 11) is 0. The lowest BCUT2D eigenvalue weighted by Crippen LogP contribution is -2.38. The van der Waals surface area contributed by atoms with Gasteiger partial charge in [0.05, 0.1) is 18.7 Å². The Morgan fingerprint density at radius 1 is 1.14 bits per heavy atom. The summed E-state index contributed by atoms with van der Waals surface area (Å²) in [6.07, 6.45) is 2.67. The Morgan fingerprint density at radius 2 is 2.00 bits per heavy atom. The van der Waals surface area contributed by atoms with E-state index in [-0.39, 0.29) is 24.2 Å². The fourth-order valence-electron chi connectivity index (χ4n) is 3.55. The molecule has 5 nitrogen and oxygen atoms in total. The van der Waals surface area contributed by atoms with Crippen LogP contribution in [0.3, 0.4) is 0 Å². The molecule has 3 aromatic rings. The molecule has 2 amide bonds. The Hall–Kier alpha value is -2.86. The van der Waals surface area contributed by atoms with Crippen molar-refractivity contribution in [3.63, 3.8) is 0 Å². The van der Waals surface area contributed by atoms with E-state index in [0.717, 1.165) is 17.9 Å². The monoisotopic (exact) mass is 394 g/mol. The summed E-state index contributed by atoms with van der Waals surface area (Å²) in [5.74, 6) is 0.440. The van der Waals surface area contributed by atoms with E-state index < -0.39 is 0 Å². The third-order valence-corrected chi connectivity index (χ3v) is 5.93. The van der Waals surface area contributed by atoms with Gasteiger partial charge in [-0.25, -0.2) is 0 Å². The number of para-hydroxylation sites is 1. The van der Waals surface area contributed by atoms with Crippen molar-refractivity contribution in [1.29, 1.82) is 0 Å². The minimum atomic E-state index is -0.328. The number of rotatable bonds is 7. The van der Waals surface area contributed by atoms with Gasteiger partial charge in [-0.2, -0.15) is 0 Å². The van der Waals surface area contributed by atoms with E-state index >= 15 is 0 Å². The number of hydrogen-bond acceptors (Lipinski definition) is 4. The fourth-order valence-corrected chi connectivity index (χ4v) is 4.24. The molecule has 1 saturated heterocycles. The second-order valence-corrected chi connectivity index (χ2v) is 7.94. The molecule has 0 spiro atoms. The van der Waals surface area contributed by atoms with Gasteiger partial charge in [0.15, 0.2) is 0 Å². The molecule has 0 aliphatic carbocycles. The van der Waals surface area contributed by atoms with Crippen molar-refractivity contribution in [1.82, 2.24) is 4.90 Å². The third-order valence-electron chi connectivity index (χ3n) is 4.99. The molecule has 6 heteroatoms. The molecule has 1 aliphatic heterocycles. The zero-order valence-electron chi connectivity index (χ0n) is 15.5. The second-order valence-electron chi connectivity index (χ2n) is 6.91. The zero-order chi connectivity index (χ0) is 19.3. The summed E-state index contributed by atoms with van der Waals surface area (Å²) in [4.78, 5) is 30.6. The first-order chi connectivity index (χ1) is 13.7. The molecule has 28 heavy (non-hydrogen) atoms. The van der Waals surface area contributed by atoms with Gasteiger partial charge in [0, 0.05) is 30.1 Å². The highest BCUT2D eigenvalue weighted by Crippen LogP contribution is 2.27. The Balaban J connectivity index is 1.47. The number of carbonyl (C=O) groups is 2. The highest BCUT2D eigenvalue weighted by molar-refractivity contribution is 7.09. The predicted octanol–water partition coefficient (Wildman–Crippen LogP) is 3.97. The van der Waals surface area contributed by atoms with Crippen molar-refractivity contribution in [2.75, 3.05) is 18.0 Å². The summed E-state index contributed by atoms with van der Waals surface area (Å²) in [5, 5.41) is 2.04. The SMILES string of the molecule is O=C(C1CC(=O)N(c2ccccc2)C1)N(CCc1cccs1)Cc1ccco1. The minimum Gasteiger partial charge on any atom is -0.467 e. The van der Waals surface area contributed by atoms with Crippen LogP contribution in [0.15, 0.2) is 70.7 Å². The van der Waals surface area contributed by atoms with Crippen LogP contribution in [0, 0.1) is 5.92 Å². The van der Waals surface area contributed by atoms with E-state index in [0.29, 0.717) is 19.6 Å². The van der Waals surface area contributed by atoms with E-state index in [1.54, 1.807) is 22.5 Å². The van der Waals surface area contributed by atoms with E-state index in [1.807, 2.05) is 58.8 Å². The maximum Gasteiger partial charge on any atom is 0.228 e. The average molecular weight is 394 g/mol. The fraction of sp³-hybridized carbons (Fsp3) is 0.273. The second kappa shape index (κ2) is 8.44. The highest BCUT2D eigenvalue weighted by atomic mass is 32.1. The van der Waals surface area contributed by atoms with Gasteiger partial charge >= 0.3 is 0 Å². The van der Waals surface area contributed by atoms with Crippen LogP contribution in [0.25, 0.3) is 0 Å². The van der Waals surface area contributed by atoms with Gasteiger partial charge in [0.1, 0.15) is 5.76 Å². The lowest BCUT2D eigenvalue weighted by Gasteiger charge is -2.25. The van der Waals surface area contributed by atoms with Crippen molar-refractivity contribution in [2.24, 2.45) is 5.92 Å². The van der Waals surface area contributed by atoms with Gasteiger partial charge < -0.3 is 14.2 Å². The molecule has 1 unspecified atom stereocenters. The van der Waals surface area contributed by atoms with Gasteiger partial charge in [-0.3, -0.25) is 9.59 Å². The molecule has 0 N–H and O–H groups in total. The zero-order valence-corrected chi connectivity index (χ0v) is 16.3. The molecule has 4 rings (SSSR count). The number of hydrogen-bond donors (Lipinski definition) is 0. The summed E-state index contributed by atoms with van der Waals surface area (Å²) in [6.45, 7) is 1.46. The van der Waals surface area contributed by atoms with E-state index in [4.69, 9.17) is 4.42 Å². The van der Waals surface area contributed by atoms with Crippen LogP contribution in [-0.4, -0.2) is 29.8 Å². The Morgan fingerprint density at radius 3 is 2.71 bits per heavy atom. The van der Waals surface area contributed by atoms with Crippen LogP contribution in [-0.2, 0) is 22.6 Å². The maximum absolute atomic E-state index is 13.3. The van der Waals surface area contributed by atoms with E-state index in [9.17, 15) is 9.59 Å². The lowest BCUT2D eigenvalue weighted by molar-refractivity contribution is -0.136. The predicted molar refractivity (Wildman–Crippen MR) is 109 cm³/mol. The Kier molecular flexibility index (Phi) is 5.58. The van der Waals surface area contributed by atoms with Crippen LogP contribution in [0.1, 0.15) is 17.1 Å². The first-order valence-corrected chi connectivity index (χ1v) is 10.3. The molecule has 1 atom stereocenters. The van der Waals surface area contributed by atoms with Gasteiger partial charge in [-0.1, -0.05) is 24.3 Å². The standard InChI is InChI=1S/C22H22N2O3S/c25-21-14-17(15-24(21)18-6-2-1-3-7-18)22(26)23(16-19-8-4-12-27-19)11-10-20-9-5-13-28-20/h1-9,12-13,17H,10-11,14-16H2. The maximum atomic E-state index is 13.3. The van der Waals surface area contributed by atoms with Crippen LogP contribution >= 0.6 is 11.3 Å². The number of furan rings is 1. The Bertz CT molecular complexity index is 907. The number of benzene rings is 1. The summed E-state index contributed by atoms with van der Waals surface area (Å²) < 4.78 is 5.46. The first kappa shape index (κ1) is 18.5. The molecule has 144 valence electrons. The van der Waals surface area contributed by atoms with Gasteiger partial charge in [-0.05, 0) is 42.1 Å². The number of nitrogens with zero attached hydrogens (tertiary/aromatic N) is 2. The van der Waals surface area contributed by atoms with Crippen LogP contribution in [0.4, 0.5) is 5.69 Å². The number of amides is 2. The Labute approximate surface area is 168 Å². The number of anilines is 1. The molecule has 2 aromatic heterocycles. The number of carbonyl (C=O) groups excluding carboxylic acids is 2. The van der Waals surface area contributed by atoms with E-state index in [1.165, 1.54) is 4.88 Å². The molecule has 1 aromatic carbocycles. The normalized spacial score (nSPS) is 16.5. The molecule has 1 fully saturated rings. The molecule has 0 saturated carbocycles. The topological polar surface area (TPSA) is 53.8 Å². The highest BCUT2D eigenvalue weighted by Gasteiger charge is 2.37. The minimum absolute atomic E-state index is 0.000699. The van der Waals surface area contributed by atoms with Gasteiger partial charge in [-0.15, -0.1) is 11.3 Å². The van der Waals surface area contributed by atoms with E-state index in [2.05, 4.69) is 6.07 Å². The van der Waals surface area contributed by atoms with Crippen molar-refractivity contribution >= 4 is 28.8 Å². The van der Waals surface area contributed by atoms with Gasteiger partial charge in [0.2, 0.25) is 11.8 Å². The molecule has 0 bridgehead atoms. The van der Waals surface area contributed by atoms with Crippen LogP contribution in [0.5, 0.6) is 0 Å². The van der Waals surface area contributed by atoms with Crippen molar-refractivity contribution in [3.8, 4) is 0 Å². The molecule has 3 heterocycles. The molecular weight excluding hydrogens is 372 g/mol. The van der Waals surface area contributed by atoms with Crippen LogP contribution < -0.4 is 4.90 Å². The molecular formula is C22H22N2O3S. The summed E-state index contributed by atoms with van der Waals surface area (Å²) in [6, 6.07) is 17.3. The number of thiophene rings is 1. The quantitative estimate of drug-likeness (QED) is 0.609. The van der Waals surface area contributed by atoms with Crippen molar-refractivity contribution in [3.05, 3.63) is 76.9 Å². The smallest absolute Gasteiger partial charge is 0.228 e. The third kappa shape index (κ3) is 4.17. The van der Waals surface area contributed by atoms with Crippen LogP contribution in [0.2, 0.25) is 0 Å². The van der Waals surface area contributed by atoms with Crippen molar-refractivity contribution < 1.29 is 14.0 Å². The molecule has 0 radical (unpaired) electrons. The lowest BCUT2D eigenvalue weighted by atomic mass is 10.1. The molecule has 1 aliphatic rings. The summed E-state index contributed by atoms with van der Waals surface area (Å²) >= 11 is 1.69.